The van der Waals surface area contributed by atoms with E-state index in [4.69, 9.17) is 21.7 Å². The zero-order valence-electron chi connectivity index (χ0n) is 14.3. The number of ether oxygens (including phenoxy) is 2. The summed E-state index contributed by atoms with van der Waals surface area (Å²) in [6.45, 7) is 0.460. The van der Waals surface area contributed by atoms with Crippen LogP contribution in [0.4, 0.5) is 0 Å². The van der Waals surface area contributed by atoms with Gasteiger partial charge in [0.15, 0.2) is 8.29 Å². The van der Waals surface area contributed by atoms with E-state index in [1.54, 1.807) is 40.7 Å². The lowest BCUT2D eigenvalue weighted by atomic mass is 10.2. The second-order valence-electron chi connectivity index (χ2n) is 5.23. The number of thioether (sulfide) groups is 1. The Kier molecular flexibility index (Phi) is 7.06. The average molecular weight is 483 g/mol. The summed E-state index contributed by atoms with van der Waals surface area (Å²) in [6, 6.07) is 14.5. The molecule has 3 rings (SSSR count). The maximum absolute atomic E-state index is 12.1. The number of hydrogen-bond donors (Lipinski definition) is 0. The van der Waals surface area contributed by atoms with Crippen molar-refractivity contribution in [2.45, 2.75) is 4.34 Å². The molecule has 0 aliphatic carbocycles. The van der Waals surface area contributed by atoms with Crippen LogP contribution in [-0.2, 0) is 4.74 Å². The van der Waals surface area contributed by atoms with Gasteiger partial charge in [-0.2, -0.15) is 0 Å². The molecule has 0 saturated carbocycles. The van der Waals surface area contributed by atoms with Crippen molar-refractivity contribution >= 4 is 57.2 Å². The Morgan fingerprint density at radius 3 is 2.52 bits per heavy atom. The van der Waals surface area contributed by atoms with Gasteiger partial charge in [-0.15, -0.1) is 5.10 Å². The number of carbonyl (C=O) groups excluding carboxylic acids is 1. The van der Waals surface area contributed by atoms with Gasteiger partial charge in [0, 0.05) is 4.47 Å². The summed E-state index contributed by atoms with van der Waals surface area (Å²) in [5, 5.41) is 4.43. The van der Waals surface area contributed by atoms with Crippen LogP contribution >= 0.6 is 51.2 Å². The van der Waals surface area contributed by atoms with Crippen LogP contribution in [0.2, 0.25) is 0 Å². The SMILES string of the molecule is CSc1nn(-c2ccc(C(=O)OCCOc3ccc(Br)cc3)cc2)c(=S)s1. The molecule has 9 heteroatoms. The molecule has 0 bridgehead atoms. The van der Waals surface area contributed by atoms with E-state index in [0.717, 1.165) is 20.2 Å². The first-order valence-electron chi connectivity index (χ1n) is 7.87. The van der Waals surface area contributed by atoms with Crippen LogP contribution in [0, 0.1) is 3.95 Å². The smallest absolute Gasteiger partial charge is 0.338 e. The summed E-state index contributed by atoms with van der Waals surface area (Å²) in [4.78, 5) is 12.1. The number of aromatic nitrogens is 2. The molecule has 1 heterocycles. The lowest BCUT2D eigenvalue weighted by Gasteiger charge is -2.08. The van der Waals surface area contributed by atoms with Gasteiger partial charge in [-0.1, -0.05) is 39.0 Å². The highest BCUT2D eigenvalue weighted by Crippen LogP contribution is 2.22. The zero-order valence-corrected chi connectivity index (χ0v) is 18.3. The molecule has 0 aliphatic heterocycles. The van der Waals surface area contributed by atoms with Crippen molar-refractivity contribution in [2.75, 3.05) is 19.5 Å². The van der Waals surface area contributed by atoms with E-state index < -0.39 is 5.97 Å². The van der Waals surface area contributed by atoms with Gasteiger partial charge in [0.2, 0.25) is 0 Å². The summed E-state index contributed by atoms with van der Waals surface area (Å²) in [6.07, 6.45) is 1.96. The number of rotatable bonds is 7. The average Bonchev–Trinajstić information content (AvgIpc) is 3.07. The predicted molar refractivity (Wildman–Crippen MR) is 114 cm³/mol. The minimum absolute atomic E-state index is 0.172. The first-order valence-corrected chi connectivity index (χ1v) is 11.1. The number of nitrogens with zero attached hydrogens (tertiary/aromatic N) is 2. The van der Waals surface area contributed by atoms with E-state index in [1.165, 1.54) is 11.3 Å². The molecule has 2 aromatic carbocycles. The Bertz CT molecular complexity index is 969. The van der Waals surface area contributed by atoms with E-state index in [0.29, 0.717) is 9.52 Å². The molecule has 27 heavy (non-hydrogen) atoms. The number of halogens is 1. The van der Waals surface area contributed by atoms with E-state index in [9.17, 15) is 4.79 Å². The van der Waals surface area contributed by atoms with E-state index >= 15 is 0 Å². The molecule has 0 unspecified atom stereocenters. The number of esters is 1. The summed E-state index contributed by atoms with van der Waals surface area (Å²) in [5.74, 6) is 0.329. The number of carbonyl (C=O) groups is 1. The molecule has 140 valence electrons. The normalized spacial score (nSPS) is 10.6. The van der Waals surface area contributed by atoms with Gasteiger partial charge >= 0.3 is 5.97 Å². The van der Waals surface area contributed by atoms with Gasteiger partial charge in [-0.05, 0) is 67.0 Å². The molecule has 1 aromatic heterocycles. The lowest BCUT2D eigenvalue weighted by Crippen LogP contribution is -2.12. The minimum Gasteiger partial charge on any atom is -0.490 e. The second-order valence-corrected chi connectivity index (χ2v) is 8.83. The first-order chi connectivity index (χ1) is 13.1. The van der Waals surface area contributed by atoms with E-state index in [-0.39, 0.29) is 13.2 Å². The largest absolute Gasteiger partial charge is 0.490 e. The molecule has 5 nitrogen and oxygen atoms in total. The maximum atomic E-state index is 12.1. The van der Waals surface area contributed by atoms with Gasteiger partial charge in [-0.3, -0.25) is 0 Å². The molecule has 0 spiro atoms. The highest BCUT2D eigenvalue weighted by Gasteiger charge is 2.09. The predicted octanol–water partition coefficient (Wildman–Crippen LogP) is 5.38. The fourth-order valence-electron chi connectivity index (χ4n) is 2.15. The Morgan fingerprint density at radius 1 is 1.19 bits per heavy atom. The Morgan fingerprint density at radius 2 is 1.89 bits per heavy atom. The van der Waals surface area contributed by atoms with Crippen LogP contribution in [0.1, 0.15) is 10.4 Å². The second kappa shape index (κ2) is 9.50. The van der Waals surface area contributed by atoms with Crippen molar-refractivity contribution in [1.29, 1.82) is 0 Å². The van der Waals surface area contributed by atoms with Gasteiger partial charge in [0.1, 0.15) is 19.0 Å². The highest BCUT2D eigenvalue weighted by molar-refractivity contribution is 9.10. The Labute approximate surface area is 178 Å². The van der Waals surface area contributed by atoms with Crippen molar-refractivity contribution in [3.8, 4) is 11.4 Å². The van der Waals surface area contributed by atoms with Crippen molar-refractivity contribution in [3.63, 3.8) is 0 Å². The molecule has 0 aliphatic rings. The number of benzene rings is 2. The van der Waals surface area contributed by atoms with E-state index in [1.807, 2.05) is 30.5 Å². The zero-order chi connectivity index (χ0) is 19.2. The van der Waals surface area contributed by atoms with Crippen LogP contribution in [0.25, 0.3) is 5.69 Å². The fraction of sp³-hybridized carbons (Fsp3) is 0.167. The molecule has 0 saturated heterocycles. The Balaban J connectivity index is 1.53. The lowest BCUT2D eigenvalue weighted by molar-refractivity contribution is 0.0450. The molecule has 0 N–H and O–H groups in total. The highest BCUT2D eigenvalue weighted by atomic mass is 79.9. The van der Waals surface area contributed by atoms with Crippen molar-refractivity contribution in [1.82, 2.24) is 9.78 Å². The van der Waals surface area contributed by atoms with E-state index in [2.05, 4.69) is 21.0 Å². The molecule has 0 amide bonds. The third-order valence-electron chi connectivity index (χ3n) is 3.45. The van der Waals surface area contributed by atoms with Gasteiger partial charge in [0.05, 0.1) is 11.3 Å². The van der Waals surface area contributed by atoms with Crippen LogP contribution in [-0.4, -0.2) is 35.2 Å². The summed E-state index contributed by atoms with van der Waals surface area (Å²) < 4.78 is 15.0. The van der Waals surface area contributed by atoms with Gasteiger partial charge in [0.25, 0.3) is 0 Å². The van der Waals surface area contributed by atoms with Crippen LogP contribution < -0.4 is 4.74 Å². The monoisotopic (exact) mass is 482 g/mol. The molecular weight excluding hydrogens is 468 g/mol. The quantitative estimate of drug-likeness (QED) is 0.195. The summed E-state index contributed by atoms with van der Waals surface area (Å²) in [7, 11) is 0. The summed E-state index contributed by atoms with van der Waals surface area (Å²) in [5.41, 5.74) is 1.28. The van der Waals surface area contributed by atoms with Crippen LogP contribution in [0.5, 0.6) is 5.75 Å². The molecule has 0 fully saturated rings. The Hall–Kier alpha value is -1.68. The molecular formula is C18H15BrN2O3S3. The summed E-state index contributed by atoms with van der Waals surface area (Å²) >= 11 is 11.7. The van der Waals surface area contributed by atoms with Gasteiger partial charge in [-0.25, -0.2) is 9.48 Å². The topological polar surface area (TPSA) is 53.4 Å². The molecule has 3 aromatic rings. The van der Waals surface area contributed by atoms with Crippen LogP contribution in [0.3, 0.4) is 0 Å². The first kappa shape index (κ1) is 20.1. The number of hydrogen-bond acceptors (Lipinski definition) is 7. The van der Waals surface area contributed by atoms with Crippen LogP contribution in [0.15, 0.2) is 57.3 Å². The standard InChI is InChI=1S/C18H15BrN2O3S3/c1-26-17-20-21(18(25)27-17)14-6-2-12(3-7-14)16(22)24-11-10-23-15-8-4-13(19)5-9-15/h2-9H,10-11H2,1H3. The third kappa shape index (κ3) is 5.41. The fourth-order valence-corrected chi connectivity index (χ4v) is 4.20. The van der Waals surface area contributed by atoms with Crippen molar-refractivity contribution in [2.24, 2.45) is 0 Å². The maximum Gasteiger partial charge on any atom is 0.338 e. The van der Waals surface area contributed by atoms with Crippen molar-refractivity contribution in [3.05, 3.63) is 62.5 Å². The molecule has 0 radical (unpaired) electrons. The van der Waals surface area contributed by atoms with Gasteiger partial charge < -0.3 is 9.47 Å². The minimum atomic E-state index is -0.396. The molecule has 0 atom stereocenters. The third-order valence-corrected chi connectivity index (χ3v) is 6.19. The van der Waals surface area contributed by atoms with Crippen molar-refractivity contribution < 1.29 is 14.3 Å².